The minimum Gasteiger partial charge on any atom is -0.258 e. The standard InChI is InChI=1S/C14H13FN2O4S/c15-14-4-2-1-3-11(14)9-10-16-22(20,21)13-7-5-12(6-8-13)17(18)19/h1-8,16H,9-10H2. The molecule has 0 aliphatic rings. The van der Waals surface area contributed by atoms with E-state index in [0.29, 0.717) is 5.56 Å². The summed E-state index contributed by atoms with van der Waals surface area (Å²) in [6.07, 6.45) is 0.207. The Morgan fingerprint density at radius 2 is 1.73 bits per heavy atom. The first kappa shape index (κ1) is 16.1. The summed E-state index contributed by atoms with van der Waals surface area (Å²) in [5.41, 5.74) is 0.221. The molecular formula is C14H13FN2O4S. The monoisotopic (exact) mass is 324 g/mol. The molecule has 0 amide bonds. The van der Waals surface area contributed by atoms with Crippen LogP contribution >= 0.6 is 0 Å². The van der Waals surface area contributed by atoms with Crippen molar-refractivity contribution < 1.29 is 17.7 Å². The van der Waals surface area contributed by atoms with Crippen LogP contribution in [0.3, 0.4) is 0 Å². The van der Waals surface area contributed by atoms with Crippen LogP contribution in [-0.4, -0.2) is 19.9 Å². The molecule has 0 fully saturated rings. The van der Waals surface area contributed by atoms with Crippen LogP contribution in [0.1, 0.15) is 5.56 Å². The number of nitrogens with one attached hydrogen (secondary N) is 1. The van der Waals surface area contributed by atoms with E-state index in [1.807, 2.05) is 0 Å². The summed E-state index contributed by atoms with van der Waals surface area (Å²) in [4.78, 5) is 9.84. The van der Waals surface area contributed by atoms with Crippen LogP contribution in [0.2, 0.25) is 0 Å². The molecule has 1 N–H and O–H groups in total. The van der Waals surface area contributed by atoms with Gasteiger partial charge < -0.3 is 0 Å². The van der Waals surface area contributed by atoms with Gasteiger partial charge >= 0.3 is 0 Å². The first-order valence-electron chi connectivity index (χ1n) is 6.38. The Morgan fingerprint density at radius 1 is 1.09 bits per heavy atom. The van der Waals surface area contributed by atoms with Gasteiger partial charge in [0.25, 0.3) is 5.69 Å². The third-order valence-corrected chi connectivity index (χ3v) is 4.48. The highest BCUT2D eigenvalue weighted by Crippen LogP contribution is 2.15. The third-order valence-electron chi connectivity index (χ3n) is 3.00. The van der Waals surface area contributed by atoms with E-state index >= 15 is 0 Å². The van der Waals surface area contributed by atoms with Crippen molar-refractivity contribution in [3.63, 3.8) is 0 Å². The number of halogens is 1. The lowest BCUT2D eigenvalue weighted by Gasteiger charge is -2.07. The molecule has 0 bridgehead atoms. The van der Waals surface area contributed by atoms with Crippen molar-refractivity contribution in [2.45, 2.75) is 11.3 Å². The summed E-state index contributed by atoms with van der Waals surface area (Å²) in [7, 11) is -3.78. The topological polar surface area (TPSA) is 89.3 Å². The molecule has 2 aromatic rings. The Morgan fingerprint density at radius 3 is 2.32 bits per heavy atom. The molecule has 2 aromatic carbocycles. The van der Waals surface area contributed by atoms with Crippen LogP contribution in [0.15, 0.2) is 53.4 Å². The van der Waals surface area contributed by atoms with Gasteiger partial charge in [0, 0.05) is 18.7 Å². The molecular weight excluding hydrogens is 311 g/mol. The minimum absolute atomic E-state index is 0.0280. The molecule has 22 heavy (non-hydrogen) atoms. The second-order valence-corrected chi connectivity index (χ2v) is 6.26. The lowest BCUT2D eigenvalue weighted by atomic mass is 10.1. The zero-order valence-electron chi connectivity index (χ0n) is 11.4. The maximum absolute atomic E-state index is 13.4. The van der Waals surface area contributed by atoms with Gasteiger partial charge in [-0.3, -0.25) is 10.1 Å². The summed E-state index contributed by atoms with van der Waals surface area (Å²) in [6, 6.07) is 10.7. The van der Waals surface area contributed by atoms with Gasteiger partial charge in [0.2, 0.25) is 10.0 Å². The molecule has 0 aliphatic heterocycles. The Labute approximate surface area is 126 Å². The van der Waals surface area contributed by atoms with Crippen LogP contribution in [0.25, 0.3) is 0 Å². The molecule has 0 saturated heterocycles. The molecule has 0 aromatic heterocycles. The summed E-state index contributed by atoms with van der Waals surface area (Å²) in [5.74, 6) is -0.392. The number of nitro groups is 1. The van der Waals surface area contributed by atoms with E-state index in [9.17, 15) is 22.9 Å². The van der Waals surface area contributed by atoms with E-state index < -0.39 is 20.8 Å². The second kappa shape index (κ2) is 6.63. The summed E-state index contributed by atoms with van der Waals surface area (Å²) in [5, 5.41) is 10.5. The van der Waals surface area contributed by atoms with E-state index in [1.54, 1.807) is 18.2 Å². The van der Waals surface area contributed by atoms with Crippen molar-refractivity contribution in [2.75, 3.05) is 6.54 Å². The van der Waals surface area contributed by atoms with E-state index in [2.05, 4.69) is 4.72 Å². The van der Waals surface area contributed by atoms with Crippen molar-refractivity contribution in [1.29, 1.82) is 0 Å². The average molecular weight is 324 g/mol. The number of non-ortho nitro benzene ring substituents is 1. The lowest BCUT2D eigenvalue weighted by molar-refractivity contribution is -0.384. The van der Waals surface area contributed by atoms with Gasteiger partial charge in [-0.15, -0.1) is 0 Å². The fraction of sp³-hybridized carbons (Fsp3) is 0.143. The van der Waals surface area contributed by atoms with Crippen LogP contribution < -0.4 is 4.72 Å². The molecule has 6 nitrogen and oxygen atoms in total. The molecule has 0 saturated carbocycles. The molecule has 0 aliphatic carbocycles. The van der Waals surface area contributed by atoms with E-state index in [0.717, 1.165) is 24.3 Å². The molecule has 0 atom stereocenters. The molecule has 0 radical (unpaired) electrons. The summed E-state index contributed by atoms with van der Waals surface area (Å²) < 4.78 is 39.8. The SMILES string of the molecule is O=[N+]([O-])c1ccc(S(=O)(=O)NCCc2ccccc2F)cc1. The number of hydrogen-bond donors (Lipinski definition) is 1. The third kappa shape index (κ3) is 3.86. The number of benzene rings is 2. The first-order chi connectivity index (χ1) is 10.4. The van der Waals surface area contributed by atoms with Crippen molar-refractivity contribution in [3.05, 3.63) is 70.0 Å². The summed E-state index contributed by atoms with van der Waals surface area (Å²) in [6.45, 7) is 0.0280. The molecule has 0 spiro atoms. The molecule has 2 rings (SSSR count). The quantitative estimate of drug-likeness (QED) is 0.652. The Kier molecular flexibility index (Phi) is 4.84. The largest absolute Gasteiger partial charge is 0.269 e. The Balaban J connectivity index is 2.02. The highest BCUT2D eigenvalue weighted by Gasteiger charge is 2.15. The molecule has 116 valence electrons. The number of nitrogens with zero attached hydrogens (tertiary/aromatic N) is 1. The van der Waals surface area contributed by atoms with Gasteiger partial charge in [-0.25, -0.2) is 17.5 Å². The van der Waals surface area contributed by atoms with Crippen LogP contribution in [0, 0.1) is 15.9 Å². The average Bonchev–Trinajstić information content (AvgIpc) is 2.49. The molecule has 0 heterocycles. The maximum Gasteiger partial charge on any atom is 0.269 e. The van der Waals surface area contributed by atoms with E-state index in [4.69, 9.17) is 0 Å². The van der Waals surface area contributed by atoms with Gasteiger partial charge in [-0.1, -0.05) is 18.2 Å². The normalized spacial score (nSPS) is 11.3. The smallest absolute Gasteiger partial charge is 0.258 e. The van der Waals surface area contributed by atoms with Crippen molar-refractivity contribution in [3.8, 4) is 0 Å². The fourth-order valence-corrected chi connectivity index (χ4v) is 2.88. The summed E-state index contributed by atoms with van der Waals surface area (Å²) >= 11 is 0. The number of hydrogen-bond acceptors (Lipinski definition) is 4. The van der Waals surface area contributed by atoms with Gasteiger partial charge in [0.05, 0.1) is 9.82 Å². The zero-order valence-corrected chi connectivity index (χ0v) is 12.2. The fourth-order valence-electron chi connectivity index (χ4n) is 1.85. The van der Waals surface area contributed by atoms with E-state index in [1.165, 1.54) is 6.07 Å². The van der Waals surface area contributed by atoms with Crippen molar-refractivity contribution >= 4 is 15.7 Å². The van der Waals surface area contributed by atoms with Crippen LogP contribution in [-0.2, 0) is 16.4 Å². The van der Waals surface area contributed by atoms with Gasteiger partial charge in [-0.2, -0.15) is 0 Å². The number of sulfonamides is 1. The van der Waals surface area contributed by atoms with Crippen LogP contribution in [0.4, 0.5) is 10.1 Å². The van der Waals surface area contributed by atoms with Crippen molar-refractivity contribution in [1.82, 2.24) is 4.72 Å². The van der Waals surface area contributed by atoms with Gasteiger partial charge in [0.1, 0.15) is 5.82 Å². The van der Waals surface area contributed by atoms with Gasteiger partial charge in [-0.05, 0) is 30.2 Å². The molecule has 0 unspecified atom stereocenters. The lowest BCUT2D eigenvalue weighted by Crippen LogP contribution is -2.26. The zero-order chi connectivity index (χ0) is 16.2. The predicted molar refractivity (Wildman–Crippen MR) is 78.4 cm³/mol. The Bertz CT molecular complexity index is 776. The van der Waals surface area contributed by atoms with Crippen LogP contribution in [0.5, 0.6) is 0 Å². The number of nitro benzene ring substituents is 1. The highest BCUT2D eigenvalue weighted by atomic mass is 32.2. The predicted octanol–water partition coefficient (Wildman–Crippen LogP) is 2.25. The minimum atomic E-state index is -3.78. The highest BCUT2D eigenvalue weighted by molar-refractivity contribution is 7.89. The maximum atomic E-state index is 13.4. The molecule has 8 heteroatoms. The number of rotatable bonds is 6. The Hall–Kier alpha value is -2.32. The second-order valence-electron chi connectivity index (χ2n) is 4.49. The first-order valence-corrected chi connectivity index (χ1v) is 7.86. The van der Waals surface area contributed by atoms with Gasteiger partial charge in [0.15, 0.2) is 0 Å². The van der Waals surface area contributed by atoms with E-state index in [-0.39, 0.29) is 23.5 Å². The van der Waals surface area contributed by atoms with Crippen molar-refractivity contribution in [2.24, 2.45) is 0 Å².